The van der Waals surface area contributed by atoms with E-state index < -0.39 is 12.1 Å². The van der Waals surface area contributed by atoms with Crippen molar-refractivity contribution in [3.63, 3.8) is 0 Å². The second-order valence-electron chi connectivity index (χ2n) is 21.0. The van der Waals surface area contributed by atoms with Crippen molar-refractivity contribution in [2.24, 2.45) is 0 Å². The van der Waals surface area contributed by atoms with Gasteiger partial charge in [-0.3, -0.25) is 9.59 Å². The Morgan fingerprint density at radius 3 is 1.04 bits per heavy atom. The maximum absolute atomic E-state index is 12.5. The van der Waals surface area contributed by atoms with Crippen LogP contribution >= 0.6 is 0 Å². The van der Waals surface area contributed by atoms with Crippen LogP contribution in [-0.2, 0) is 14.3 Å². The lowest BCUT2D eigenvalue weighted by atomic mass is 10.0. The van der Waals surface area contributed by atoms with Gasteiger partial charge in [0.15, 0.2) is 0 Å². The lowest BCUT2D eigenvalue weighted by Crippen LogP contribution is -2.45. The highest BCUT2D eigenvalue weighted by molar-refractivity contribution is 5.76. The number of hydrogen-bond acceptors (Lipinski definition) is 5. The van der Waals surface area contributed by atoms with Crippen LogP contribution in [-0.4, -0.2) is 47.4 Å². The number of rotatable bonds is 57. The molecule has 68 heavy (non-hydrogen) atoms. The molecule has 0 aliphatic carbocycles. The van der Waals surface area contributed by atoms with Crippen molar-refractivity contribution >= 4 is 11.9 Å². The van der Waals surface area contributed by atoms with Crippen molar-refractivity contribution in [1.82, 2.24) is 5.32 Å². The molecular weight excluding hydrogens is 839 g/mol. The fourth-order valence-corrected chi connectivity index (χ4v) is 9.51. The predicted molar refractivity (Wildman–Crippen MR) is 296 cm³/mol. The maximum atomic E-state index is 12.5. The van der Waals surface area contributed by atoms with Gasteiger partial charge in [0.2, 0.25) is 5.91 Å². The second kappa shape index (κ2) is 57.9. The summed E-state index contributed by atoms with van der Waals surface area (Å²) in [7, 11) is 0. The SMILES string of the molecule is CCCCCCCCCCCCCCCCC/C=C/C(O)C(CO)NC(=O)CCCCCCCCC/C=C\CCCCCCCCCCCCOC(=O)CCCCCCCCCCCCCCC. The molecule has 0 saturated heterocycles. The number of amides is 1. The Bertz CT molecular complexity index is 1060. The average molecular weight is 959 g/mol. The van der Waals surface area contributed by atoms with Crippen LogP contribution in [0.3, 0.4) is 0 Å². The normalized spacial score (nSPS) is 12.7. The first-order valence-electron chi connectivity index (χ1n) is 30.6. The van der Waals surface area contributed by atoms with Gasteiger partial charge in [-0.2, -0.15) is 0 Å². The number of aliphatic hydroxyl groups is 2. The first-order valence-corrected chi connectivity index (χ1v) is 30.6. The lowest BCUT2D eigenvalue weighted by Gasteiger charge is -2.20. The minimum absolute atomic E-state index is 0.00940. The molecule has 0 aliphatic rings. The van der Waals surface area contributed by atoms with Crippen molar-refractivity contribution in [2.45, 2.75) is 347 Å². The summed E-state index contributed by atoms with van der Waals surface area (Å²) in [4.78, 5) is 24.5. The zero-order chi connectivity index (χ0) is 49.3. The number of aliphatic hydroxyl groups excluding tert-OH is 2. The summed E-state index contributed by atoms with van der Waals surface area (Å²) in [5.74, 6) is -0.0642. The number of unbranched alkanes of at least 4 members (excludes halogenated alkanes) is 44. The third-order valence-electron chi connectivity index (χ3n) is 14.2. The molecule has 3 N–H and O–H groups in total. The molecule has 0 radical (unpaired) electrons. The zero-order valence-corrected chi connectivity index (χ0v) is 45.9. The molecule has 2 unspecified atom stereocenters. The molecule has 0 spiro atoms. The summed E-state index contributed by atoms with van der Waals surface area (Å²) in [5, 5.41) is 23.1. The van der Waals surface area contributed by atoms with Crippen LogP contribution in [0.1, 0.15) is 335 Å². The van der Waals surface area contributed by atoms with E-state index >= 15 is 0 Å². The molecule has 6 nitrogen and oxygen atoms in total. The molecule has 0 aromatic heterocycles. The highest BCUT2D eigenvalue weighted by Gasteiger charge is 2.18. The van der Waals surface area contributed by atoms with Gasteiger partial charge < -0.3 is 20.3 Å². The zero-order valence-electron chi connectivity index (χ0n) is 45.9. The van der Waals surface area contributed by atoms with Crippen LogP contribution in [0.15, 0.2) is 24.3 Å². The highest BCUT2D eigenvalue weighted by atomic mass is 16.5. The Kier molecular flexibility index (Phi) is 56.5. The molecule has 1 amide bonds. The topological polar surface area (TPSA) is 95.9 Å². The number of ether oxygens (including phenoxy) is 1. The van der Waals surface area contributed by atoms with Gasteiger partial charge in [-0.15, -0.1) is 0 Å². The van der Waals surface area contributed by atoms with E-state index in [9.17, 15) is 19.8 Å². The maximum Gasteiger partial charge on any atom is 0.305 e. The van der Waals surface area contributed by atoms with E-state index in [-0.39, 0.29) is 18.5 Å². The minimum atomic E-state index is -0.849. The number of hydrogen-bond donors (Lipinski definition) is 3. The van der Waals surface area contributed by atoms with Crippen LogP contribution < -0.4 is 5.32 Å². The van der Waals surface area contributed by atoms with Crippen molar-refractivity contribution in [2.75, 3.05) is 13.2 Å². The molecule has 6 heteroatoms. The number of carbonyl (C=O) groups is 2. The smallest absolute Gasteiger partial charge is 0.305 e. The van der Waals surface area contributed by atoms with Crippen molar-refractivity contribution in [1.29, 1.82) is 0 Å². The fraction of sp³-hybridized carbons (Fsp3) is 0.903. The molecule has 402 valence electrons. The molecule has 0 rings (SSSR count). The molecule has 0 saturated carbocycles. The highest BCUT2D eigenvalue weighted by Crippen LogP contribution is 2.17. The Balaban J connectivity index is 3.45. The Hall–Kier alpha value is -1.66. The number of esters is 1. The van der Waals surface area contributed by atoms with Crippen LogP contribution in [0, 0.1) is 0 Å². The summed E-state index contributed by atoms with van der Waals surface area (Å²) in [6, 6.07) is -0.633. The third kappa shape index (κ3) is 53.7. The molecule has 0 heterocycles. The second-order valence-corrected chi connectivity index (χ2v) is 21.0. The van der Waals surface area contributed by atoms with Gasteiger partial charge in [-0.1, -0.05) is 289 Å². The number of carbonyl (C=O) groups excluding carboxylic acids is 2. The van der Waals surface area contributed by atoms with E-state index in [1.807, 2.05) is 6.08 Å². The Labute approximate surface area is 424 Å². The first kappa shape index (κ1) is 66.3. The van der Waals surface area contributed by atoms with Gasteiger partial charge >= 0.3 is 5.97 Å². The van der Waals surface area contributed by atoms with Gasteiger partial charge in [-0.25, -0.2) is 0 Å². The predicted octanol–water partition coefficient (Wildman–Crippen LogP) is 19.0. The van der Waals surface area contributed by atoms with Crippen LogP contribution in [0.5, 0.6) is 0 Å². The summed E-state index contributed by atoms with van der Waals surface area (Å²) < 4.78 is 5.48. The monoisotopic (exact) mass is 958 g/mol. The van der Waals surface area contributed by atoms with E-state index in [2.05, 4.69) is 31.3 Å². The van der Waals surface area contributed by atoms with E-state index in [0.29, 0.717) is 19.4 Å². The van der Waals surface area contributed by atoms with Crippen molar-refractivity contribution in [3.05, 3.63) is 24.3 Å². The van der Waals surface area contributed by atoms with E-state index in [1.54, 1.807) is 6.08 Å². The van der Waals surface area contributed by atoms with E-state index in [4.69, 9.17) is 4.74 Å². The van der Waals surface area contributed by atoms with Crippen molar-refractivity contribution in [3.8, 4) is 0 Å². The molecule has 0 aromatic rings. The van der Waals surface area contributed by atoms with Gasteiger partial charge in [0.25, 0.3) is 0 Å². The van der Waals surface area contributed by atoms with Gasteiger partial charge in [0, 0.05) is 12.8 Å². The summed E-state index contributed by atoms with van der Waals surface area (Å²) in [5.41, 5.74) is 0. The number of nitrogens with one attached hydrogen (secondary N) is 1. The quantitative estimate of drug-likeness (QED) is 0.0321. The Morgan fingerprint density at radius 1 is 0.397 bits per heavy atom. The van der Waals surface area contributed by atoms with Gasteiger partial charge in [-0.05, 0) is 57.8 Å². The standard InChI is InChI=1S/C62H119NO5/c1-3-5-7-9-11-13-15-17-18-24-27-31-34-38-42-46-50-54-60(65)59(58-64)63-61(66)55-51-47-43-39-35-32-28-25-22-20-19-21-23-26-29-33-37-41-45-49-53-57-68-62(67)56-52-48-44-40-36-30-16-14-12-10-8-6-4-2/h20,22,50,54,59-60,64-65H,3-19,21,23-49,51-53,55-58H2,1-2H3,(H,63,66)/b22-20-,54-50+. The summed E-state index contributed by atoms with van der Waals surface area (Å²) >= 11 is 0. The summed E-state index contributed by atoms with van der Waals surface area (Å²) in [6.45, 7) is 4.92. The number of allylic oxidation sites excluding steroid dienone is 3. The average Bonchev–Trinajstić information content (AvgIpc) is 3.34. The van der Waals surface area contributed by atoms with Gasteiger partial charge in [0.1, 0.15) is 0 Å². The lowest BCUT2D eigenvalue weighted by molar-refractivity contribution is -0.143. The van der Waals surface area contributed by atoms with E-state index in [1.165, 1.54) is 263 Å². The van der Waals surface area contributed by atoms with Crippen LogP contribution in [0.25, 0.3) is 0 Å². The molecule has 0 aromatic carbocycles. The Morgan fingerprint density at radius 2 is 0.691 bits per heavy atom. The molecule has 0 fully saturated rings. The molecule has 2 atom stereocenters. The van der Waals surface area contributed by atoms with Crippen LogP contribution in [0.4, 0.5) is 0 Å². The largest absolute Gasteiger partial charge is 0.466 e. The summed E-state index contributed by atoms with van der Waals surface area (Å²) in [6.07, 6.45) is 70.7. The molecule has 0 bridgehead atoms. The van der Waals surface area contributed by atoms with E-state index in [0.717, 1.165) is 44.9 Å². The first-order chi connectivity index (χ1) is 33.5. The van der Waals surface area contributed by atoms with Gasteiger partial charge in [0.05, 0.1) is 25.4 Å². The minimum Gasteiger partial charge on any atom is -0.466 e. The molecular formula is C62H119NO5. The fourth-order valence-electron chi connectivity index (χ4n) is 9.51. The van der Waals surface area contributed by atoms with Crippen molar-refractivity contribution < 1.29 is 24.5 Å². The third-order valence-corrected chi connectivity index (χ3v) is 14.2. The molecule has 0 aliphatic heterocycles. The van der Waals surface area contributed by atoms with Crippen LogP contribution in [0.2, 0.25) is 0 Å².